The molecule has 0 aromatic carbocycles. The number of aryl methyl sites for hydroxylation is 1. The van der Waals surface area contributed by atoms with Crippen LogP contribution in [0.2, 0.25) is 0 Å². The number of fused-ring (bicyclic) bond motifs is 1. The fourth-order valence-corrected chi connectivity index (χ4v) is 3.12. The van der Waals surface area contributed by atoms with Crippen molar-refractivity contribution >= 4 is 29.6 Å². The highest BCUT2D eigenvalue weighted by Gasteiger charge is 2.35. The number of pyridine rings is 1. The largest absolute Gasteiger partial charge is 0.466 e. The van der Waals surface area contributed by atoms with Crippen molar-refractivity contribution in [2.24, 2.45) is 0 Å². The number of carbonyl (C=O) groups is 3. The molecule has 1 amide bonds. The Morgan fingerprint density at radius 1 is 1.41 bits per heavy atom. The van der Waals surface area contributed by atoms with Crippen molar-refractivity contribution in [3.63, 3.8) is 0 Å². The first kappa shape index (κ1) is 18.6. The first-order valence-corrected chi connectivity index (χ1v) is 8.64. The molecule has 1 saturated heterocycles. The van der Waals surface area contributed by atoms with Gasteiger partial charge >= 0.3 is 5.97 Å². The molecule has 9 heteroatoms. The number of ether oxygens (including phenoxy) is 1. The van der Waals surface area contributed by atoms with Gasteiger partial charge < -0.3 is 15.0 Å². The second kappa shape index (κ2) is 7.56. The Hall–Kier alpha value is -3.23. The van der Waals surface area contributed by atoms with Crippen LogP contribution in [0.3, 0.4) is 0 Å². The molecule has 3 rings (SSSR count). The highest BCUT2D eigenvalue weighted by Crippen LogP contribution is 2.21. The number of anilines is 1. The summed E-state index contributed by atoms with van der Waals surface area (Å²) in [6.07, 6.45) is 1.83. The Bertz CT molecular complexity index is 968. The molecule has 0 spiro atoms. The van der Waals surface area contributed by atoms with Crippen molar-refractivity contribution in [2.45, 2.75) is 26.3 Å². The molecule has 0 aliphatic carbocycles. The Morgan fingerprint density at radius 3 is 2.89 bits per heavy atom. The number of rotatable bonds is 5. The molecular weight excluding hydrogens is 352 g/mol. The predicted molar refractivity (Wildman–Crippen MR) is 97.0 cm³/mol. The van der Waals surface area contributed by atoms with Gasteiger partial charge in [-0.2, -0.15) is 0 Å². The van der Waals surface area contributed by atoms with Gasteiger partial charge in [0.15, 0.2) is 6.29 Å². The molecule has 2 aromatic heterocycles. The van der Waals surface area contributed by atoms with Crippen molar-refractivity contribution < 1.29 is 19.1 Å². The lowest BCUT2D eigenvalue weighted by Gasteiger charge is -2.35. The number of aldehydes is 1. The molecule has 0 bridgehead atoms. The van der Waals surface area contributed by atoms with Crippen LogP contribution in [0.25, 0.3) is 5.65 Å². The number of hydrogen-bond acceptors (Lipinski definition) is 7. The van der Waals surface area contributed by atoms with Crippen molar-refractivity contribution in [1.29, 1.82) is 0 Å². The summed E-state index contributed by atoms with van der Waals surface area (Å²) >= 11 is 0. The van der Waals surface area contributed by atoms with Gasteiger partial charge in [-0.1, -0.05) is 6.07 Å². The second-order valence-electron chi connectivity index (χ2n) is 6.22. The highest BCUT2D eigenvalue weighted by atomic mass is 16.5. The van der Waals surface area contributed by atoms with Crippen LogP contribution < -0.4 is 15.8 Å². The molecule has 1 aliphatic rings. The topological polar surface area (TPSA) is 110 Å². The van der Waals surface area contributed by atoms with E-state index in [0.717, 1.165) is 5.56 Å². The molecule has 142 valence electrons. The lowest BCUT2D eigenvalue weighted by molar-refractivity contribution is -0.145. The Morgan fingerprint density at radius 2 is 2.19 bits per heavy atom. The molecule has 27 heavy (non-hydrogen) atoms. The maximum absolute atomic E-state index is 12.8. The van der Waals surface area contributed by atoms with E-state index in [4.69, 9.17) is 4.74 Å². The predicted octanol–water partition coefficient (Wildman–Crippen LogP) is 0.0734. The average Bonchev–Trinajstić information content (AvgIpc) is 2.64. The summed E-state index contributed by atoms with van der Waals surface area (Å²) in [6, 6.07) is 2.56. The monoisotopic (exact) mass is 372 g/mol. The molecule has 1 fully saturated rings. The minimum absolute atomic E-state index is 0.100. The summed E-state index contributed by atoms with van der Waals surface area (Å²) in [4.78, 5) is 54.7. The summed E-state index contributed by atoms with van der Waals surface area (Å²) in [6.45, 7) is 4.32. The van der Waals surface area contributed by atoms with Crippen molar-refractivity contribution in [1.82, 2.24) is 14.7 Å². The minimum atomic E-state index is -0.906. The van der Waals surface area contributed by atoms with E-state index >= 15 is 0 Å². The first-order valence-electron chi connectivity index (χ1n) is 8.64. The number of piperazine rings is 1. The van der Waals surface area contributed by atoms with E-state index in [1.807, 2.05) is 6.92 Å². The van der Waals surface area contributed by atoms with Gasteiger partial charge in [-0.25, -0.2) is 4.98 Å². The fourth-order valence-electron chi connectivity index (χ4n) is 3.12. The maximum Gasteiger partial charge on any atom is 0.308 e. The van der Waals surface area contributed by atoms with E-state index in [1.54, 1.807) is 25.3 Å². The van der Waals surface area contributed by atoms with E-state index in [2.05, 4.69) is 10.3 Å². The van der Waals surface area contributed by atoms with Gasteiger partial charge in [-0.3, -0.25) is 23.6 Å². The van der Waals surface area contributed by atoms with Gasteiger partial charge in [-0.05, 0) is 25.5 Å². The quantitative estimate of drug-likeness (QED) is 0.584. The van der Waals surface area contributed by atoms with Crippen molar-refractivity contribution in [2.75, 3.05) is 24.6 Å². The van der Waals surface area contributed by atoms with Gasteiger partial charge in [-0.15, -0.1) is 0 Å². The third kappa shape index (κ3) is 3.53. The molecule has 0 unspecified atom stereocenters. The van der Waals surface area contributed by atoms with Crippen LogP contribution in [0.4, 0.5) is 5.82 Å². The van der Waals surface area contributed by atoms with E-state index in [9.17, 15) is 19.2 Å². The van der Waals surface area contributed by atoms with Crippen LogP contribution in [-0.4, -0.2) is 53.3 Å². The Kier molecular flexibility index (Phi) is 5.20. The first-order chi connectivity index (χ1) is 13.0. The zero-order valence-electron chi connectivity index (χ0n) is 15.1. The van der Waals surface area contributed by atoms with Crippen LogP contribution in [-0.2, 0) is 14.3 Å². The molecular formula is C18H20N4O5. The SMILES string of the molecule is CCOC(=O)C[C@H]1C(=O)NCCN1c1nc2ccc(C)cn2c(=O)c1C=O. The lowest BCUT2D eigenvalue weighted by atomic mass is 10.1. The molecule has 0 radical (unpaired) electrons. The smallest absolute Gasteiger partial charge is 0.308 e. The van der Waals surface area contributed by atoms with Gasteiger partial charge in [0.05, 0.1) is 13.0 Å². The number of esters is 1. The number of nitrogens with zero attached hydrogens (tertiary/aromatic N) is 3. The van der Waals surface area contributed by atoms with Crippen LogP contribution in [0, 0.1) is 6.92 Å². The maximum atomic E-state index is 12.8. The molecule has 1 atom stereocenters. The third-order valence-corrected chi connectivity index (χ3v) is 4.37. The van der Waals surface area contributed by atoms with Gasteiger partial charge in [0.1, 0.15) is 23.1 Å². The summed E-state index contributed by atoms with van der Waals surface area (Å²) in [5, 5.41) is 2.69. The third-order valence-electron chi connectivity index (χ3n) is 4.37. The van der Waals surface area contributed by atoms with E-state index in [1.165, 1.54) is 9.30 Å². The molecule has 9 nitrogen and oxygen atoms in total. The van der Waals surface area contributed by atoms with Crippen LogP contribution >= 0.6 is 0 Å². The van der Waals surface area contributed by atoms with E-state index in [-0.39, 0.29) is 30.3 Å². The van der Waals surface area contributed by atoms with Gasteiger partial charge in [0, 0.05) is 19.3 Å². The zero-order valence-corrected chi connectivity index (χ0v) is 15.1. The number of aromatic nitrogens is 2. The normalized spacial score (nSPS) is 16.9. The van der Waals surface area contributed by atoms with Crippen molar-refractivity contribution in [3.8, 4) is 0 Å². The van der Waals surface area contributed by atoms with Crippen LogP contribution in [0.1, 0.15) is 29.3 Å². The molecule has 0 saturated carbocycles. The van der Waals surface area contributed by atoms with E-state index in [0.29, 0.717) is 25.0 Å². The number of carbonyl (C=O) groups excluding carboxylic acids is 3. The fraction of sp³-hybridized carbons (Fsp3) is 0.389. The summed E-state index contributed by atoms with van der Waals surface area (Å²) < 4.78 is 6.24. The molecule has 1 aliphatic heterocycles. The number of nitrogens with one attached hydrogen (secondary N) is 1. The standard InChI is InChI=1S/C18H20N4O5/c1-3-27-15(24)8-13-17(25)19-6-7-21(13)16-12(10-23)18(26)22-9-11(2)4-5-14(22)20-16/h4-5,9-10,13H,3,6-8H2,1-2H3,(H,19,25)/t13-/m0/s1. The molecule has 1 N–H and O–H groups in total. The Balaban J connectivity index is 2.11. The summed E-state index contributed by atoms with van der Waals surface area (Å²) in [7, 11) is 0. The lowest BCUT2D eigenvalue weighted by Crippen LogP contribution is -2.57. The molecule has 2 aromatic rings. The zero-order chi connectivity index (χ0) is 19.6. The number of amides is 1. The number of hydrogen-bond donors (Lipinski definition) is 1. The minimum Gasteiger partial charge on any atom is -0.466 e. The summed E-state index contributed by atoms with van der Waals surface area (Å²) in [5.41, 5.74) is 0.525. The summed E-state index contributed by atoms with van der Waals surface area (Å²) in [5.74, 6) is -0.814. The van der Waals surface area contributed by atoms with Gasteiger partial charge in [0.2, 0.25) is 5.91 Å². The molecule has 3 heterocycles. The highest BCUT2D eigenvalue weighted by molar-refractivity contribution is 5.92. The van der Waals surface area contributed by atoms with E-state index < -0.39 is 17.6 Å². The van der Waals surface area contributed by atoms with Gasteiger partial charge in [0.25, 0.3) is 5.56 Å². The second-order valence-corrected chi connectivity index (χ2v) is 6.22. The Labute approximate surface area is 154 Å². The van der Waals surface area contributed by atoms with Crippen LogP contribution in [0.15, 0.2) is 23.1 Å². The average molecular weight is 372 g/mol. The van der Waals surface area contributed by atoms with Crippen molar-refractivity contribution in [3.05, 3.63) is 39.8 Å². The van der Waals surface area contributed by atoms with Crippen LogP contribution in [0.5, 0.6) is 0 Å².